The highest BCUT2D eigenvalue weighted by atomic mass is 16.5. The zero-order valence-electron chi connectivity index (χ0n) is 20.1. The van der Waals surface area contributed by atoms with Gasteiger partial charge in [-0.1, -0.05) is 48.0 Å². The second kappa shape index (κ2) is 10.9. The molecular formula is C28H27N3O5. The van der Waals surface area contributed by atoms with Crippen LogP contribution < -0.4 is 10.2 Å². The summed E-state index contributed by atoms with van der Waals surface area (Å²) in [6.45, 7) is 4.16. The lowest BCUT2D eigenvalue weighted by Crippen LogP contribution is -2.37. The van der Waals surface area contributed by atoms with E-state index in [1.54, 1.807) is 61.5 Å². The molecule has 1 N–H and O–H groups in total. The van der Waals surface area contributed by atoms with E-state index in [0.29, 0.717) is 16.9 Å². The minimum atomic E-state index is -0.960. The van der Waals surface area contributed by atoms with Gasteiger partial charge in [0.2, 0.25) is 5.91 Å². The minimum absolute atomic E-state index is 0.195. The lowest BCUT2D eigenvalue weighted by molar-refractivity contribution is -0.124. The predicted octanol–water partition coefficient (Wildman–Crippen LogP) is 4.54. The molecule has 0 aromatic heterocycles. The Labute approximate surface area is 209 Å². The van der Waals surface area contributed by atoms with Crippen molar-refractivity contribution in [3.63, 3.8) is 0 Å². The minimum Gasteiger partial charge on any atom is -0.462 e. The van der Waals surface area contributed by atoms with Crippen LogP contribution in [0.5, 0.6) is 0 Å². The maximum atomic E-state index is 13.4. The van der Waals surface area contributed by atoms with Gasteiger partial charge in [-0.25, -0.2) is 14.5 Å². The largest absolute Gasteiger partial charge is 0.462 e. The number of carbonyl (C=O) groups excluding carboxylic acids is 4. The van der Waals surface area contributed by atoms with Crippen LogP contribution in [0.25, 0.3) is 0 Å². The first-order valence-electron chi connectivity index (χ1n) is 11.7. The van der Waals surface area contributed by atoms with Gasteiger partial charge in [0.05, 0.1) is 24.3 Å². The highest BCUT2D eigenvalue weighted by molar-refractivity contribution is 6.22. The van der Waals surface area contributed by atoms with Crippen LogP contribution in [0.15, 0.2) is 78.9 Å². The number of aryl methyl sites for hydroxylation is 1. The molecule has 0 saturated carbocycles. The Morgan fingerprint density at radius 1 is 0.917 bits per heavy atom. The number of nitrogens with zero attached hydrogens (tertiary/aromatic N) is 2. The molecule has 0 unspecified atom stereocenters. The van der Waals surface area contributed by atoms with Crippen molar-refractivity contribution in [1.29, 1.82) is 0 Å². The van der Waals surface area contributed by atoms with Gasteiger partial charge in [0.1, 0.15) is 6.04 Å². The molecule has 8 heteroatoms. The number of imide groups is 1. The molecule has 0 bridgehead atoms. The van der Waals surface area contributed by atoms with Crippen LogP contribution >= 0.6 is 0 Å². The van der Waals surface area contributed by atoms with Crippen molar-refractivity contribution in [2.45, 2.75) is 32.9 Å². The van der Waals surface area contributed by atoms with Crippen LogP contribution in [0.3, 0.4) is 0 Å². The van der Waals surface area contributed by atoms with E-state index in [-0.39, 0.29) is 19.6 Å². The topological polar surface area (TPSA) is 96.0 Å². The van der Waals surface area contributed by atoms with Crippen molar-refractivity contribution < 1.29 is 23.9 Å². The van der Waals surface area contributed by atoms with E-state index >= 15 is 0 Å². The first-order valence-corrected chi connectivity index (χ1v) is 11.7. The fourth-order valence-corrected chi connectivity index (χ4v) is 4.01. The number of para-hydroxylation sites is 1. The number of esters is 1. The van der Waals surface area contributed by atoms with Crippen LogP contribution in [0, 0.1) is 6.92 Å². The molecule has 3 aromatic carbocycles. The van der Waals surface area contributed by atoms with E-state index in [4.69, 9.17) is 4.74 Å². The van der Waals surface area contributed by atoms with Gasteiger partial charge in [-0.2, -0.15) is 0 Å². The van der Waals surface area contributed by atoms with Gasteiger partial charge in [-0.05, 0) is 55.8 Å². The molecule has 8 nitrogen and oxygen atoms in total. The first kappa shape index (κ1) is 24.7. The summed E-state index contributed by atoms with van der Waals surface area (Å²) in [7, 11) is 0. The number of urea groups is 1. The van der Waals surface area contributed by atoms with Crippen LogP contribution in [0.2, 0.25) is 0 Å². The monoisotopic (exact) mass is 485 g/mol. The molecule has 4 amide bonds. The first-order chi connectivity index (χ1) is 17.4. The molecule has 1 saturated heterocycles. The third-order valence-corrected chi connectivity index (χ3v) is 5.87. The van der Waals surface area contributed by atoms with Gasteiger partial charge < -0.3 is 15.0 Å². The zero-order chi connectivity index (χ0) is 25.7. The smallest absolute Gasteiger partial charge is 0.338 e. The molecule has 1 fully saturated rings. The summed E-state index contributed by atoms with van der Waals surface area (Å²) in [5, 5.41) is 2.75. The maximum absolute atomic E-state index is 13.4. The van der Waals surface area contributed by atoms with Crippen LogP contribution in [-0.4, -0.2) is 41.4 Å². The molecule has 1 heterocycles. The standard InChI is InChI=1S/C28H27N3O5/c1-3-36-27(34)21-13-15-22(16-14-21)29-25(32)17-24-26(33)31(23-7-5-4-6-8-23)28(35)30(24)18-20-11-9-19(2)10-12-20/h4-16,24H,3,17-18H2,1-2H3,(H,29,32)/t24-/m1/s1. The summed E-state index contributed by atoms with van der Waals surface area (Å²) < 4.78 is 4.97. The molecule has 0 aliphatic carbocycles. The van der Waals surface area contributed by atoms with Gasteiger partial charge in [0.25, 0.3) is 5.91 Å². The zero-order valence-corrected chi connectivity index (χ0v) is 20.1. The predicted molar refractivity (Wildman–Crippen MR) is 135 cm³/mol. The van der Waals surface area contributed by atoms with Crippen molar-refractivity contribution >= 4 is 35.2 Å². The normalized spacial score (nSPS) is 15.2. The summed E-state index contributed by atoms with van der Waals surface area (Å²) in [5.41, 5.74) is 3.23. The number of benzene rings is 3. The van der Waals surface area contributed by atoms with E-state index < -0.39 is 29.9 Å². The van der Waals surface area contributed by atoms with E-state index in [0.717, 1.165) is 16.0 Å². The van der Waals surface area contributed by atoms with Gasteiger partial charge in [0, 0.05) is 12.2 Å². The second-order valence-corrected chi connectivity index (χ2v) is 8.47. The molecular weight excluding hydrogens is 458 g/mol. The summed E-state index contributed by atoms with van der Waals surface area (Å²) in [6.07, 6.45) is -0.209. The molecule has 0 spiro atoms. The third kappa shape index (κ3) is 5.43. The van der Waals surface area contributed by atoms with Crippen molar-refractivity contribution in [1.82, 2.24) is 4.90 Å². The number of amides is 4. The summed E-state index contributed by atoms with van der Waals surface area (Å²) in [5.74, 6) is -1.32. The molecule has 3 aromatic rings. The number of hydrogen-bond donors (Lipinski definition) is 1. The van der Waals surface area contributed by atoms with Crippen molar-refractivity contribution in [3.8, 4) is 0 Å². The fourth-order valence-electron chi connectivity index (χ4n) is 4.01. The average molecular weight is 486 g/mol. The molecule has 1 atom stereocenters. The quantitative estimate of drug-likeness (QED) is 0.373. The van der Waals surface area contributed by atoms with E-state index in [2.05, 4.69) is 5.32 Å². The third-order valence-electron chi connectivity index (χ3n) is 5.87. The lowest BCUT2D eigenvalue weighted by atomic mass is 10.1. The summed E-state index contributed by atoms with van der Waals surface area (Å²) >= 11 is 0. The Kier molecular flexibility index (Phi) is 7.44. The molecule has 184 valence electrons. The lowest BCUT2D eigenvalue weighted by Gasteiger charge is -2.22. The van der Waals surface area contributed by atoms with Gasteiger partial charge in [0.15, 0.2) is 0 Å². The highest BCUT2D eigenvalue weighted by Gasteiger charge is 2.46. The number of hydrogen-bond acceptors (Lipinski definition) is 5. The van der Waals surface area contributed by atoms with E-state index in [1.165, 1.54) is 4.90 Å². The SMILES string of the molecule is CCOC(=O)c1ccc(NC(=O)C[C@@H]2C(=O)N(c3ccccc3)C(=O)N2Cc2ccc(C)cc2)cc1. The Hall–Kier alpha value is -4.46. The van der Waals surface area contributed by atoms with Crippen molar-refractivity contribution in [2.24, 2.45) is 0 Å². The second-order valence-electron chi connectivity index (χ2n) is 8.47. The summed E-state index contributed by atoms with van der Waals surface area (Å²) in [6, 6.07) is 21.2. The fraction of sp³-hybridized carbons (Fsp3) is 0.214. The van der Waals surface area contributed by atoms with E-state index in [9.17, 15) is 19.2 Å². The van der Waals surface area contributed by atoms with Crippen molar-refractivity contribution in [3.05, 3.63) is 95.6 Å². The Balaban J connectivity index is 1.53. The maximum Gasteiger partial charge on any atom is 0.338 e. The number of nitrogens with one attached hydrogen (secondary N) is 1. The van der Waals surface area contributed by atoms with Gasteiger partial charge in [-0.15, -0.1) is 0 Å². The van der Waals surface area contributed by atoms with Gasteiger partial charge in [-0.3, -0.25) is 9.59 Å². The number of rotatable bonds is 8. The Bertz CT molecular complexity index is 1260. The summed E-state index contributed by atoms with van der Waals surface area (Å²) in [4.78, 5) is 54.0. The molecule has 0 radical (unpaired) electrons. The highest BCUT2D eigenvalue weighted by Crippen LogP contribution is 2.28. The molecule has 36 heavy (non-hydrogen) atoms. The number of anilines is 2. The van der Waals surface area contributed by atoms with E-state index in [1.807, 2.05) is 31.2 Å². The number of ether oxygens (including phenoxy) is 1. The van der Waals surface area contributed by atoms with Crippen molar-refractivity contribution in [2.75, 3.05) is 16.8 Å². The Morgan fingerprint density at radius 3 is 2.22 bits per heavy atom. The van der Waals surface area contributed by atoms with Crippen LogP contribution in [-0.2, 0) is 20.9 Å². The molecule has 4 rings (SSSR count). The average Bonchev–Trinajstić information content (AvgIpc) is 3.10. The molecule has 1 aliphatic heterocycles. The van der Waals surface area contributed by atoms with Crippen LogP contribution in [0.4, 0.5) is 16.2 Å². The molecule has 1 aliphatic rings. The number of carbonyl (C=O) groups is 4. The van der Waals surface area contributed by atoms with Gasteiger partial charge >= 0.3 is 12.0 Å². The van der Waals surface area contributed by atoms with Crippen LogP contribution in [0.1, 0.15) is 34.8 Å². The Morgan fingerprint density at radius 2 is 1.58 bits per heavy atom.